The summed E-state index contributed by atoms with van der Waals surface area (Å²) >= 11 is 0. The molecule has 3 aliphatic rings. The van der Waals surface area contributed by atoms with E-state index in [0.717, 1.165) is 11.3 Å². The molecule has 0 radical (unpaired) electrons. The highest BCUT2D eigenvalue weighted by Gasteiger charge is 2.56. The molecule has 172 valence electrons. The van der Waals surface area contributed by atoms with Crippen molar-refractivity contribution < 1.29 is 33.4 Å². The van der Waals surface area contributed by atoms with E-state index in [-0.39, 0.29) is 11.3 Å². The summed E-state index contributed by atoms with van der Waals surface area (Å²) in [4.78, 5) is 51.2. The second kappa shape index (κ2) is 8.11. The fourth-order valence-corrected chi connectivity index (χ4v) is 5.27. The zero-order valence-corrected chi connectivity index (χ0v) is 18.6. The molecule has 1 aliphatic carbocycles. The second-order valence-corrected chi connectivity index (χ2v) is 9.70. The lowest BCUT2D eigenvalue weighted by atomic mass is 9.64. The van der Waals surface area contributed by atoms with E-state index in [1.807, 2.05) is 0 Å². The molecule has 1 saturated heterocycles. The van der Waals surface area contributed by atoms with Crippen molar-refractivity contribution in [3.8, 4) is 11.5 Å². The minimum Gasteiger partial charge on any atom is -0.486 e. The number of ketones is 1. The monoisotopic (exact) mass is 444 g/mol. The molecule has 2 unspecified atom stereocenters. The highest BCUT2D eigenvalue weighted by atomic mass is 16.6. The Hall–Kier alpha value is -3.10. The third-order valence-corrected chi connectivity index (χ3v) is 6.14. The summed E-state index contributed by atoms with van der Waals surface area (Å²) in [7, 11) is 0. The minimum atomic E-state index is -0.987. The van der Waals surface area contributed by atoms with Crippen LogP contribution in [0.15, 0.2) is 18.2 Å². The molecule has 2 atom stereocenters. The molecule has 1 aromatic rings. The molecule has 4 rings (SSSR count). The van der Waals surface area contributed by atoms with E-state index < -0.39 is 42.4 Å². The van der Waals surface area contributed by atoms with E-state index in [0.29, 0.717) is 43.1 Å². The zero-order valence-electron chi connectivity index (χ0n) is 18.6. The molecule has 1 spiro atoms. The summed E-state index contributed by atoms with van der Waals surface area (Å²) in [6.45, 7) is 6.01. The molecule has 9 heteroatoms. The first-order valence-corrected chi connectivity index (χ1v) is 10.8. The van der Waals surface area contributed by atoms with Gasteiger partial charge in [0.1, 0.15) is 25.3 Å². The van der Waals surface area contributed by atoms with E-state index in [1.54, 1.807) is 12.1 Å². The predicted molar refractivity (Wildman–Crippen MR) is 112 cm³/mol. The van der Waals surface area contributed by atoms with E-state index in [2.05, 4.69) is 26.1 Å². The first-order valence-electron chi connectivity index (χ1n) is 10.8. The summed E-state index contributed by atoms with van der Waals surface area (Å²) in [6, 6.07) is 4.13. The maximum absolute atomic E-state index is 13.1. The topological polar surface area (TPSA) is 111 Å². The highest BCUT2D eigenvalue weighted by Crippen LogP contribution is 2.46. The fourth-order valence-electron chi connectivity index (χ4n) is 5.27. The molecule has 0 bridgehead atoms. The molecule has 1 saturated carbocycles. The van der Waals surface area contributed by atoms with Crippen LogP contribution < -0.4 is 14.8 Å². The summed E-state index contributed by atoms with van der Waals surface area (Å²) in [5, 5.41) is 2.82. The molecule has 2 aliphatic heterocycles. The lowest BCUT2D eigenvalue weighted by Gasteiger charge is -2.43. The number of fused-ring (bicyclic) bond motifs is 1. The summed E-state index contributed by atoms with van der Waals surface area (Å²) < 4.78 is 15.9. The van der Waals surface area contributed by atoms with Crippen molar-refractivity contribution in [2.75, 3.05) is 26.4 Å². The Labute approximate surface area is 186 Å². The van der Waals surface area contributed by atoms with Gasteiger partial charge < -0.3 is 19.5 Å². The van der Waals surface area contributed by atoms with E-state index in [1.165, 1.54) is 6.07 Å². The number of amides is 3. The molecular weight excluding hydrogens is 416 g/mol. The Bertz CT molecular complexity index is 973. The number of esters is 1. The largest absolute Gasteiger partial charge is 0.486 e. The quantitative estimate of drug-likeness (QED) is 0.421. The van der Waals surface area contributed by atoms with Crippen LogP contribution in [-0.4, -0.2) is 60.5 Å². The number of imide groups is 1. The number of nitrogens with zero attached hydrogens (tertiary/aromatic N) is 1. The Balaban J connectivity index is 1.35. The number of benzene rings is 1. The van der Waals surface area contributed by atoms with E-state index in [4.69, 9.17) is 14.2 Å². The van der Waals surface area contributed by atoms with Crippen molar-refractivity contribution >= 4 is 23.7 Å². The van der Waals surface area contributed by atoms with Gasteiger partial charge in [-0.1, -0.05) is 20.8 Å². The maximum Gasteiger partial charge on any atom is 0.326 e. The van der Waals surface area contributed by atoms with E-state index in [9.17, 15) is 19.2 Å². The number of carbonyl (C=O) groups is 4. The SMILES string of the molecule is CC1CC(C)(C)CC2(C1)NC(=O)N(CC(=O)OCC(=O)c1ccc3c(c1)OCCO3)C2=O. The van der Waals surface area contributed by atoms with Crippen molar-refractivity contribution in [1.82, 2.24) is 10.2 Å². The van der Waals surface area contributed by atoms with Crippen LogP contribution in [0, 0.1) is 11.3 Å². The third-order valence-electron chi connectivity index (χ3n) is 6.14. The zero-order chi connectivity index (χ0) is 23.1. The van der Waals surface area contributed by atoms with Gasteiger partial charge in [0.15, 0.2) is 23.9 Å². The van der Waals surface area contributed by atoms with Gasteiger partial charge in [-0.3, -0.25) is 19.3 Å². The van der Waals surface area contributed by atoms with Gasteiger partial charge in [-0.05, 0) is 48.8 Å². The summed E-state index contributed by atoms with van der Waals surface area (Å²) in [6.07, 6.45) is 2.01. The van der Waals surface area contributed by atoms with Gasteiger partial charge in [-0.2, -0.15) is 0 Å². The highest BCUT2D eigenvalue weighted by molar-refractivity contribution is 6.09. The first kappa shape index (κ1) is 22.1. The fraction of sp³-hybridized carbons (Fsp3) is 0.565. The Morgan fingerprint density at radius 1 is 1.16 bits per heavy atom. The number of Topliss-reactive ketones (excluding diaryl/α,β-unsaturated/α-hetero) is 1. The standard InChI is InChI=1S/C23H28N2O7/c1-14-9-22(2,3)13-23(10-14)20(28)25(21(29)24-23)11-19(27)32-12-16(26)15-4-5-17-18(8-15)31-7-6-30-17/h4-5,8,14H,6-7,9-13H2,1-3H3,(H,24,29). The number of hydrogen-bond acceptors (Lipinski definition) is 7. The second-order valence-electron chi connectivity index (χ2n) is 9.70. The molecular formula is C23H28N2O7. The molecule has 0 aromatic heterocycles. The number of nitrogens with one attached hydrogen (secondary N) is 1. The van der Waals surface area contributed by atoms with Gasteiger partial charge in [-0.25, -0.2) is 4.79 Å². The van der Waals surface area contributed by atoms with Crippen LogP contribution in [-0.2, 0) is 14.3 Å². The van der Waals surface area contributed by atoms with Gasteiger partial charge >= 0.3 is 12.0 Å². The normalized spacial score (nSPS) is 26.1. The summed E-state index contributed by atoms with van der Waals surface area (Å²) in [5.41, 5.74) is -0.776. The van der Waals surface area contributed by atoms with Gasteiger partial charge in [-0.15, -0.1) is 0 Å². The van der Waals surface area contributed by atoms with Crippen molar-refractivity contribution in [3.63, 3.8) is 0 Å². The van der Waals surface area contributed by atoms with Gasteiger partial charge in [0.25, 0.3) is 5.91 Å². The van der Waals surface area contributed by atoms with Crippen LogP contribution >= 0.6 is 0 Å². The van der Waals surface area contributed by atoms with Crippen LogP contribution in [0.5, 0.6) is 11.5 Å². The van der Waals surface area contributed by atoms with Gasteiger partial charge in [0.2, 0.25) is 0 Å². The number of rotatable bonds is 5. The lowest BCUT2D eigenvalue weighted by Crippen LogP contribution is -2.54. The molecule has 32 heavy (non-hydrogen) atoms. The average Bonchev–Trinajstić information content (AvgIpc) is 2.93. The third kappa shape index (κ3) is 4.28. The smallest absolute Gasteiger partial charge is 0.326 e. The van der Waals surface area contributed by atoms with Crippen molar-refractivity contribution in [3.05, 3.63) is 23.8 Å². The van der Waals surface area contributed by atoms with Crippen LogP contribution in [0.1, 0.15) is 50.4 Å². The Kier molecular flexibility index (Phi) is 5.60. The van der Waals surface area contributed by atoms with Gasteiger partial charge in [0, 0.05) is 5.56 Å². The molecule has 3 amide bonds. The Morgan fingerprint density at radius 3 is 2.59 bits per heavy atom. The minimum absolute atomic E-state index is 0.104. The molecule has 2 fully saturated rings. The molecule has 2 heterocycles. The molecule has 9 nitrogen and oxygen atoms in total. The van der Waals surface area contributed by atoms with Crippen LogP contribution in [0.4, 0.5) is 4.79 Å². The predicted octanol–water partition coefficient (Wildman–Crippen LogP) is 2.32. The lowest BCUT2D eigenvalue weighted by molar-refractivity contribution is -0.147. The maximum atomic E-state index is 13.1. The van der Waals surface area contributed by atoms with Crippen molar-refractivity contribution in [1.29, 1.82) is 0 Å². The average molecular weight is 444 g/mol. The van der Waals surface area contributed by atoms with Crippen LogP contribution in [0.25, 0.3) is 0 Å². The number of ether oxygens (including phenoxy) is 3. The molecule has 1 aromatic carbocycles. The Morgan fingerprint density at radius 2 is 1.88 bits per heavy atom. The number of urea groups is 1. The van der Waals surface area contributed by atoms with Crippen molar-refractivity contribution in [2.45, 2.75) is 45.6 Å². The van der Waals surface area contributed by atoms with Crippen LogP contribution in [0.3, 0.4) is 0 Å². The first-order chi connectivity index (χ1) is 15.1. The van der Waals surface area contributed by atoms with E-state index >= 15 is 0 Å². The van der Waals surface area contributed by atoms with Gasteiger partial charge in [0.05, 0.1) is 0 Å². The van der Waals surface area contributed by atoms with Crippen molar-refractivity contribution in [2.24, 2.45) is 11.3 Å². The van der Waals surface area contributed by atoms with Crippen LogP contribution in [0.2, 0.25) is 0 Å². The summed E-state index contributed by atoms with van der Waals surface area (Å²) in [5.74, 6) is -0.373. The number of hydrogen-bond donors (Lipinski definition) is 1. The molecule has 1 N–H and O–H groups in total. The number of carbonyl (C=O) groups excluding carboxylic acids is 4.